The lowest BCUT2D eigenvalue weighted by atomic mass is 10.0. The summed E-state index contributed by atoms with van der Waals surface area (Å²) in [7, 11) is 3.58. The third kappa shape index (κ3) is 3.61. The topological polar surface area (TPSA) is 57.7 Å². The lowest BCUT2D eigenvalue weighted by molar-refractivity contribution is 0.0221. The number of nitrogens with one attached hydrogen (secondary N) is 1. The third-order valence-corrected chi connectivity index (χ3v) is 4.97. The number of nitrogens with zero attached hydrogens (tertiary/aromatic N) is 3. The third-order valence-electron chi connectivity index (χ3n) is 4.97. The molecule has 27 heavy (non-hydrogen) atoms. The molecule has 1 amide bonds. The van der Waals surface area contributed by atoms with E-state index in [-0.39, 0.29) is 11.9 Å². The van der Waals surface area contributed by atoms with Crippen molar-refractivity contribution in [2.45, 2.75) is 32.9 Å². The normalized spacial score (nSPS) is 18.0. The quantitative estimate of drug-likeness (QED) is 0.825. The molecule has 1 unspecified atom stereocenters. The molecule has 2 aliphatic heterocycles. The second-order valence-corrected chi connectivity index (χ2v) is 6.81. The summed E-state index contributed by atoms with van der Waals surface area (Å²) >= 11 is 0. The number of amides is 1. The van der Waals surface area contributed by atoms with Crippen LogP contribution in [0.2, 0.25) is 0 Å². The molecule has 0 saturated heterocycles. The number of pyridine rings is 1. The Labute approximate surface area is 157 Å². The van der Waals surface area contributed by atoms with Gasteiger partial charge in [-0.25, -0.2) is 13.8 Å². The van der Waals surface area contributed by atoms with Crippen molar-refractivity contribution in [3.05, 3.63) is 46.5 Å². The van der Waals surface area contributed by atoms with Crippen LogP contribution in [0.15, 0.2) is 35.4 Å². The zero-order valence-electron chi connectivity index (χ0n) is 15.9. The maximum absolute atomic E-state index is 12.9. The van der Waals surface area contributed by atoms with Crippen molar-refractivity contribution in [2.24, 2.45) is 0 Å². The molecule has 3 heterocycles. The molecule has 1 aromatic rings. The Balaban J connectivity index is 1.82. The van der Waals surface area contributed by atoms with E-state index >= 15 is 0 Å². The Hall–Kier alpha value is -2.64. The number of alkyl halides is 2. The average molecular weight is 378 g/mol. The molecule has 1 N–H and O–H groups in total. The summed E-state index contributed by atoms with van der Waals surface area (Å²) in [5.41, 5.74) is 3.36. The van der Waals surface area contributed by atoms with Gasteiger partial charge in [0.1, 0.15) is 5.82 Å². The van der Waals surface area contributed by atoms with Crippen molar-refractivity contribution in [3.8, 4) is 0 Å². The van der Waals surface area contributed by atoms with Gasteiger partial charge in [-0.3, -0.25) is 4.79 Å². The number of aromatic nitrogens is 1. The van der Waals surface area contributed by atoms with Crippen molar-refractivity contribution in [3.63, 3.8) is 0 Å². The van der Waals surface area contributed by atoms with Gasteiger partial charge in [0.2, 0.25) is 0 Å². The molecule has 0 fully saturated rings. The Morgan fingerprint density at radius 2 is 2.11 bits per heavy atom. The van der Waals surface area contributed by atoms with Crippen LogP contribution in [0.25, 0.3) is 0 Å². The van der Waals surface area contributed by atoms with Gasteiger partial charge in [0.05, 0.1) is 12.6 Å². The van der Waals surface area contributed by atoms with Crippen LogP contribution < -0.4 is 5.32 Å². The van der Waals surface area contributed by atoms with Gasteiger partial charge in [-0.05, 0) is 25.5 Å². The van der Waals surface area contributed by atoms with Crippen LogP contribution in [-0.2, 0) is 11.3 Å². The number of hydrogen-bond acceptors (Lipinski definition) is 5. The van der Waals surface area contributed by atoms with Crippen molar-refractivity contribution in [1.29, 1.82) is 0 Å². The number of carbonyl (C=O) groups is 1. The van der Waals surface area contributed by atoms with E-state index in [1.165, 1.54) is 0 Å². The molecular weight excluding hydrogens is 354 g/mol. The van der Waals surface area contributed by atoms with Crippen LogP contribution in [0.1, 0.15) is 29.8 Å². The molecule has 0 saturated carbocycles. The number of halogens is 2. The maximum Gasteiger partial charge on any atom is 0.272 e. The molecule has 1 aromatic heterocycles. The van der Waals surface area contributed by atoms with E-state index in [1.807, 2.05) is 24.8 Å². The van der Waals surface area contributed by atoms with Crippen molar-refractivity contribution < 1.29 is 18.3 Å². The van der Waals surface area contributed by atoms with Crippen LogP contribution in [0, 0.1) is 0 Å². The number of ether oxygens (including phenoxy) is 1. The molecule has 6 nitrogen and oxygen atoms in total. The summed E-state index contributed by atoms with van der Waals surface area (Å²) in [5, 5.41) is 3.03. The molecule has 0 aliphatic carbocycles. The predicted molar refractivity (Wildman–Crippen MR) is 98.5 cm³/mol. The number of fused-ring (bicyclic) bond motifs is 1. The zero-order valence-corrected chi connectivity index (χ0v) is 15.9. The minimum absolute atomic E-state index is 0.0265. The first-order valence-electron chi connectivity index (χ1n) is 8.83. The van der Waals surface area contributed by atoms with Crippen LogP contribution in [0.5, 0.6) is 0 Å². The second-order valence-electron chi connectivity index (χ2n) is 6.81. The van der Waals surface area contributed by atoms with E-state index in [1.54, 1.807) is 31.3 Å². The number of allylic oxidation sites excluding steroid dienone is 2. The average Bonchev–Trinajstić information content (AvgIpc) is 2.97. The Morgan fingerprint density at radius 1 is 1.37 bits per heavy atom. The van der Waals surface area contributed by atoms with Crippen molar-refractivity contribution in [1.82, 2.24) is 14.8 Å². The lowest BCUT2D eigenvalue weighted by Gasteiger charge is -2.34. The Morgan fingerprint density at radius 3 is 2.74 bits per heavy atom. The SMILES string of the molecule is CNc1nccc2c1CN(C(C)C1=CC(C)=C(OCC(F)F)N(C)C1)C2=O. The molecule has 0 spiro atoms. The van der Waals surface area contributed by atoms with Gasteiger partial charge in [0.25, 0.3) is 12.3 Å². The van der Waals surface area contributed by atoms with Crippen LogP contribution in [0.4, 0.5) is 14.6 Å². The van der Waals surface area contributed by atoms with E-state index in [2.05, 4.69) is 10.3 Å². The minimum atomic E-state index is -2.52. The highest BCUT2D eigenvalue weighted by molar-refractivity contribution is 6.00. The minimum Gasteiger partial charge on any atom is -0.473 e. The fourth-order valence-corrected chi connectivity index (χ4v) is 3.63. The number of likely N-dealkylation sites (N-methyl/N-ethyl adjacent to an activating group) is 1. The van der Waals surface area contributed by atoms with Gasteiger partial charge in [-0.2, -0.15) is 0 Å². The van der Waals surface area contributed by atoms with E-state index in [0.717, 1.165) is 16.7 Å². The molecule has 0 aromatic carbocycles. The highest BCUT2D eigenvalue weighted by Gasteiger charge is 2.35. The van der Waals surface area contributed by atoms with Gasteiger partial charge < -0.3 is 19.9 Å². The summed E-state index contributed by atoms with van der Waals surface area (Å²) in [6.07, 6.45) is 1.04. The smallest absolute Gasteiger partial charge is 0.272 e. The molecule has 1 atom stereocenters. The van der Waals surface area contributed by atoms with Gasteiger partial charge >= 0.3 is 0 Å². The molecule has 8 heteroatoms. The monoisotopic (exact) mass is 378 g/mol. The highest BCUT2D eigenvalue weighted by atomic mass is 19.3. The lowest BCUT2D eigenvalue weighted by Crippen LogP contribution is -2.39. The summed E-state index contributed by atoms with van der Waals surface area (Å²) in [4.78, 5) is 20.8. The molecular formula is C19H24F2N4O2. The number of hydrogen-bond donors (Lipinski definition) is 1. The van der Waals surface area contributed by atoms with Crippen LogP contribution in [0.3, 0.4) is 0 Å². The maximum atomic E-state index is 12.9. The number of rotatable bonds is 6. The number of carbonyl (C=O) groups excluding carboxylic acids is 1. The first-order chi connectivity index (χ1) is 12.8. The molecule has 2 aliphatic rings. The summed E-state index contributed by atoms with van der Waals surface area (Å²) in [6.45, 7) is 4.17. The second kappa shape index (κ2) is 7.54. The summed E-state index contributed by atoms with van der Waals surface area (Å²) in [6, 6.07) is 1.61. The standard InChI is InChI=1S/C19H24F2N4O2/c1-11-7-13(8-24(4)19(11)27-10-16(20)21)12(2)25-9-15-14(18(25)26)5-6-23-17(15)22-3/h5-7,12,16H,8-10H2,1-4H3,(H,22,23). The highest BCUT2D eigenvalue weighted by Crippen LogP contribution is 2.32. The fourth-order valence-electron chi connectivity index (χ4n) is 3.63. The molecule has 146 valence electrons. The van der Waals surface area contributed by atoms with Gasteiger partial charge in [-0.1, -0.05) is 6.08 Å². The molecule has 3 rings (SSSR count). The summed E-state index contributed by atoms with van der Waals surface area (Å²) < 4.78 is 30.1. The first kappa shape index (κ1) is 19.1. The first-order valence-corrected chi connectivity index (χ1v) is 8.83. The van der Waals surface area contributed by atoms with Crippen LogP contribution in [-0.4, -0.2) is 60.4 Å². The number of anilines is 1. The van der Waals surface area contributed by atoms with E-state index in [4.69, 9.17) is 4.74 Å². The van der Waals surface area contributed by atoms with Crippen LogP contribution >= 0.6 is 0 Å². The predicted octanol–water partition coefficient (Wildman–Crippen LogP) is 2.85. The Bertz CT molecular complexity index is 807. The Kier molecular flexibility index (Phi) is 5.34. The van der Waals surface area contributed by atoms with E-state index in [0.29, 0.717) is 30.4 Å². The van der Waals surface area contributed by atoms with Gasteiger partial charge in [0.15, 0.2) is 12.5 Å². The largest absolute Gasteiger partial charge is 0.473 e. The summed E-state index contributed by atoms with van der Waals surface area (Å²) in [5.74, 6) is 1.13. The zero-order chi connectivity index (χ0) is 19.7. The van der Waals surface area contributed by atoms with Gasteiger partial charge in [-0.15, -0.1) is 0 Å². The van der Waals surface area contributed by atoms with Crippen molar-refractivity contribution in [2.75, 3.05) is 32.6 Å². The van der Waals surface area contributed by atoms with Gasteiger partial charge in [0, 0.05) is 43.5 Å². The molecule has 0 bridgehead atoms. The van der Waals surface area contributed by atoms with E-state index < -0.39 is 13.0 Å². The van der Waals surface area contributed by atoms with E-state index in [9.17, 15) is 13.6 Å². The fraction of sp³-hybridized carbons (Fsp3) is 0.474. The molecule has 0 radical (unpaired) electrons. The van der Waals surface area contributed by atoms with Crippen molar-refractivity contribution >= 4 is 11.7 Å².